The Labute approximate surface area is 163 Å². The molecule has 0 fully saturated rings. The summed E-state index contributed by atoms with van der Waals surface area (Å²) < 4.78 is 18.4. The molecular weight excluding hydrogens is 371 g/mol. The first-order valence-electron chi connectivity index (χ1n) is 8.71. The summed E-state index contributed by atoms with van der Waals surface area (Å²) in [6.45, 7) is 5.17. The number of nitrogens with one attached hydrogen (secondary N) is 1. The molecule has 0 bridgehead atoms. The number of hydrogen-bond donors (Lipinski definition) is 1. The normalized spacial score (nSPS) is 10.4. The van der Waals surface area contributed by atoms with Crippen LogP contribution < -0.4 is 10.1 Å². The van der Waals surface area contributed by atoms with Crippen LogP contribution in [0.25, 0.3) is 0 Å². The van der Waals surface area contributed by atoms with Crippen LogP contribution in [0.4, 0.5) is 10.1 Å². The summed E-state index contributed by atoms with van der Waals surface area (Å²) >= 11 is 5.87. The molecule has 0 saturated heterocycles. The lowest BCUT2D eigenvalue weighted by Crippen LogP contribution is -2.30. The summed E-state index contributed by atoms with van der Waals surface area (Å²) in [6, 6.07) is 10.6. The third-order valence-electron chi connectivity index (χ3n) is 3.92. The Kier molecular flexibility index (Phi) is 7.61. The molecule has 0 aliphatic heterocycles. The molecule has 144 valence electrons. The highest BCUT2D eigenvalue weighted by Gasteiger charge is 2.13. The second-order valence-corrected chi connectivity index (χ2v) is 6.19. The highest BCUT2D eigenvalue weighted by Crippen LogP contribution is 2.25. The standard InChI is InChI=1S/C20H22ClFN2O3/c1-3-24(4-2)20(26)14-6-5-7-16(12-14)23-19(25)10-11-27-18-9-8-15(22)13-17(18)21/h5-9,12-13H,3-4,10-11H2,1-2H3,(H,23,25). The predicted octanol–water partition coefficient (Wildman–Crippen LogP) is 4.37. The first-order valence-corrected chi connectivity index (χ1v) is 9.09. The van der Waals surface area contributed by atoms with E-state index in [2.05, 4.69) is 5.32 Å². The van der Waals surface area contributed by atoms with Crippen LogP contribution in [0.15, 0.2) is 42.5 Å². The fourth-order valence-electron chi connectivity index (χ4n) is 2.49. The third kappa shape index (κ3) is 5.96. The van der Waals surface area contributed by atoms with Crippen molar-refractivity contribution in [3.05, 3.63) is 58.9 Å². The zero-order valence-electron chi connectivity index (χ0n) is 15.3. The Morgan fingerprint density at radius 2 is 1.89 bits per heavy atom. The van der Waals surface area contributed by atoms with E-state index in [1.807, 2.05) is 13.8 Å². The Hall–Kier alpha value is -2.60. The van der Waals surface area contributed by atoms with Gasteiger partial charge in [0.15, 0.2) is 0 Å². The average molecular weight is 393 g/mol. The maximum atomic E-state index is 13.0. The van der Waals surface area contributed by atoms with E-state index in [4.69, 9.17) is 16.3 Å². The molecule has 0 spiro atoms. The molecule has 0 aliphatic rings. The van der Waals surface area contributed by atoms with Crippen LogP contribution in [-0.2, 0) is 4.79 Å². The van der Waals surface area contributed by atoms with Crippen molar-refractivity contribution in [1.82, 2.24) is 4.90 Å². The summed E-state index contributed by atoms with van der Waals surface area (Å²) in [4.78, 5) is 26.2. The molecule has 0 heterocycles. The van der Waals surface area contributed by atoms with Gasteiger partial charge in [-0.15, -0.1) is 0 Å². The molecule has 0 saturated carbocycles. The number of ether oxygens (including phenoxy) is 1. The minimum absolute atomic E-state index is 0.0783. The van der Waals surface area contributed by atoms with Crippen molar-refractivity contribution in [2.45, 2.75) is 20.3 Å². The van der Waals surface area contributed by atoms with E-state index in [9.17, 15) is 14.0 Å². The molecule has 2 aromatic carbocycles. The molecule has 2 aromatic rings. The van der Waals surface area contributed by atoms with Gasteiger partial charge in [0.25, 0.3) is 5.91 Å². The van der Waals surface area contributed by atoms with Crippen molar-refractivity contribution in [2.24, 2.45) is 0 Å². The topological polar surface area (TPSA) is 58.6 Å². The number of halogens is 2. The van der Waals surface area contributed by atoms with E-state index < -0.39 is 5.82 Å². The summed E-state index contributed by atoms with van der Waals surface area (Å²) in [5, 5.41) is 2.89. The molecule has 0 radical (unpaired) electrons. The zero-order valence-corrected chi connectivity index (χ0v) is 16.1. The smallest absolute Gasteiger partial charge is 0.253 e. The highest BCUT2D eigenvalue weighted by atomic mass is 35.5. The van der Waals surface area contributed by atoms with Crippen molar-refractivity contribution in [3.63, 3.8) is 0 Å². The van der Waals surface area contributed by atoms with Gasteiger partial charge in [-0.2, -0.15) is 0 Å². The first kappa shape index (κ1) is 20.7. The van der Waals surface area contributed by atoms with Crippen LogP contribution >= 0.6 is 11.6 Å². The fourth-order valence-corrected chi connectivity index (χ4v) is 2.71. The molecule has 7 heteroatoms. The number of amides is 2. The molecule has 5 nitrogen and oxygen atoms in total. The van der Waals surface area contributed by atoms with E-state index in [1.165, 1.54) is 12.1 Å². The lowest BCUT2D eigenvalue weighted by atomic mass is 10.1. The fraction of sp³-hybridized carbons (Fsp3) is 0.300. The molecule has 0 aromatic heterocycles. The van der Waals surface area contributed by atoms with Gasteiger partial charge < -0.3 is 15.0 Å². The number of anilines is 1. The van der Waals surface area contributed by atoms with Crippen molar-refractivity contribution < 1.29 is 18.7 Å². The zero-order chi connectivity index (χ0) is 19.8. The Balaban J connectivity index is 1.90. The van der Waals surface area contributed by atoms with E-state index in [0.717, 1.165) is 6.07 Å². The van der Waals surface area contributed by atoms with Gasteiger partial charge >= 0.3 is 0 Å². The number of nitrogens with zero attached hydrogens (tertiary/aromatic N) is 1. The number of rotatable bonds is 8. The van der Waals surface area contributed by atoms with Gasteiger partial charge in [0.05, 0.1) is 18.1 Å². The summed E-state index contributed by atoms with van der Waals surface area (Å²) in [5.41, 5.74) is 1.06. The molecule has 0 unspecified atom stereocenters. The maximum Gasteiger partial charge on any atom is 0.253 e. The largest absolute Gasteiger partial charge is 0.491 e. The monoisotopic (exact) mass is 392 g/mol. The van der Waals surface area contributed by atoms with Gasteiger partial charge in [-0.25, -0.2) is 4.39 Å². The molecule has 2 rings (SSSR count). The molecule has 1 N–H and O–H groups in total. The molecule has 27 heavy (non-hydrogen) atoms. The number of carbonyl (C=O) groups excluding carboxylic acids is 2. The van der Waals surface area contributed by atoms with Crippen LogP contribution in [0.5, 0.6) is 5.75 Å². The summed E-state index contributed by atoms with van der Waals surface area (Å²) in [7, 11) is 0. The second-order valence-electron chi connectivity index (χ2n) is 5.78. The van der Waals surface area contributed by atoms with Crippen LogP contribution in [0, 0.1) is 5.82 Å². The second kappa shape index (κ2) is 9.92. The van der Waals surface area contributed by atoms with E-state index in [0.29, 0.717) is 30.1 Å². The quantitative estimate of drug-likeness (QED) is 0.725. The maximum absolute atomic E-state index is 13.0. The summed E-state index contributed by atoms with van der Waals surface area (Å²) in [6.07, 6.45) is 0.0852. The van der Waals surface area contributed by atoms with E-state index in [1.54, 1.807) is 29.2 Å². The summed E-state index contributed by atoms with van der Waals surface area (Å²) in [5.74, 6) is -0.479. The Morgan fingerprint density at radius 3 is 2.56 bits per heavy atom. The minimum atomic E-state index is -0.454. The van der Waals surface area contributed by atoms with E-state index >= 15 is 0 Å². The van der Waals surface area contributed by atoms with Crippen molar-refractivity contribution in [2.75, 3.05) is 25.0 Å². The van der Waals surface area contributed by atoms with E-state index in [-0.39, 0.29) is 29.9 Å². The minimum Gasteiger partial charge on any atom is -0.491 e. The lowest BCUT2D eigenvalue weighted by Gasteiger charge is -2.19. The Morgan fingerprint density at radius 1 is 1.15 bits per heavy atom. The number of carbonyl (C=O) groups is 2. The van der Waals surface area contributed by atoms with Crippen LogP contribution in [0.3, 0.4) is 0 Å². The van der Waals surface area contributed by atoms with Gasteiger partial charge in [0.2, 0.25) is 5.91 Å². The SMILES string of the molecule is CCN(CC)C(=O)c1cccc(NC(=O)CCOc2ccc(F)cc2Cl)c1. The predicted molar refractivity (Wildman–Crippen MR) is 104 cm³/mol. The molecule has 0 atom stereocenters. The van der Waals surface area contributed by atoms with Gasteiger partial charge in [-0.3, -0.25) is 9.59 Å². The molecule has 0 aliphatic carbocycles. The van der Waals surface area contributed by atoms with Gasteiger partial charge in [0.1, 0.15) is 11.6 Å². The number of benzene rings is 2. The molecule has 2 amide bonds. The van der Waals surface area contributed by atoms with Crippen molar-refractivity contribution in [1.29, 1.82) is 0 Å². The van der Waals surface area contributed by atoms with Gasteiger partial charge in [0, 0.05) is 24.3 Å². The van der Waals surface area contributed by atoms with Crippen LogP contribution in [-0.4, -0.2) is 36.4 Å². The first-order chi connectivity index (χ1) is 12.9. The average Bonchev–Trinajstić information content (AvgIpc) is 2.64. The van der Waals surface area contributed by atoms with Crippen molar-refractivity contribution in [3.8, 4) is 5.75 Å². The van der Waals surface area contributed by atoms with Crippen molar-refractivity contribution >= 4 is 29.1 Å². The van der Waals surface area contributed by atoms with Crippen LogP contribution in [0.2, 0.25) is 5.02 Å². The van der Waals surface area contributed by atoms with Crippen LogP contribution in [0.1, 0.15) is 30.6 Å². The third-order valence-corrected chi connectivity index (χ3v) is 4.22. The lowest BCUT2D eigenvalue weighted by molar-refractivity contribution is -0.116. The highest BCUT2D eigenvalue weighted by molar-refractivity contribution is 6.32. The Bertz CT molecular complexity index is 810. The van der Waals surface area contributed by atoms with Gasteiger partial charge in [-0.05, 0) is 50.2 Å². The molecular formula is C20H22ClFN2O3. The number of hydrogen-bond acceptors (Lipinski definition) is 3. The van der Waals surface area contributed by atoms with Gasteiger partial charge in [-0.1, -0.05) is 17.7 Å².